The van der Waals surface area contributed by atoms with Crippen LogP contribution in [0.4, 0.5) is 5.82 Å². The number of carbonyl (C=O) groups is 2. The molecule has 2 heterocycles. The quantitative estimate of drug-likeness (QED) is 0.770. The van der Waals surface area contributed by atoms with Crippen molar-refractivity contribution >= 4 is 17.6 Å². The summed E-state index contributed by atoms with van der Waals surface area (Å²) in [5, 5.41) is 3.21. The van der Waals surface area contributed by atoms with E-state index in [0.717, 1.165) is 18.8 Å². The smallest absolute Gasteiger partial charge is 0.252 e. The third kappa shape index (κ3) is 3.69. The second-order valence-corrected chi connectivity index (χ2v) is 5.17. The van der Waals surface area contributed by atoms with Crippen LogP contribution in [0.3, 0.4) is 0 Å². The van der Waals surface area contributed by atoms with Crippen molar-refractivity contribution in [2.24, 2.45) is 5.73 Å². The van der Waals surface area contributed by atoms with Crippen molar-refractivity contribution in [2.75, 3.05) is 44.7 Å². The van der Waals surface area contributed by atoms with Crippen LogP contribution in [-0.2, 0) is 4.79 Å². The Balaban J connectivity index is 2.12. The SMILES string of the molecule is Cc1ccc(C(N)=O)c(N(C)CC(=O)N2CCNCC2)n1. The van der Waals surface area contributed by atoms with Crippen LogP contribution in [-0.4, -0.2) is 61.5 Å². The van der Waals surface area contributed by atoms with Gasteiger partial charge in [-0.2, -0.15) is 0 Å². The van der Waals surface area contributed by atoms with Crippen molar-refractivity contribution in [3.05, 3.63) is 23.4 Å². The molecule has 7 nitrogen and oxygen atoms in total. The summed E-state index contributed by atoms with van der Waals surface area (Å²) in [7, 11) is 1.74. The molecule has 7 heteroatoms. The summed E-state index contributed by atoms with van der Waals surface area (Å²) < 4.78 is 0. The summed E-state index contributed by atoms with van der Waals surface area (Å²) in [4.78, 5) is 31.6. The molecule has 1 aliphatic heterocycles. The molecule has 1 aromatic heterocycles. The summed E-state index contributed by atoms with van der Waals surface area (Å²) >= 11 is 0. The van der Waals surface area contributed by atoms with Gasteiger partial charge in [0.1, 0.15) is 5.82 Å². The first kappa shape index (κ1) is 15.2. The van der Waals surface area contributed by atoms with Gasteiger partial charge in [0.05, 0.1) is 12.1 Å². The molecule has 1 saturated heterocycles. The maximum atomic E-state index is 12.3. The number of aryl methyl sites for hydroxylation is 1. The minimum atomic E-state index is -0.543. The van der Waals surface area contributed by atoms with E-state index in [-0.39, 0.29) is 12.5 Å². The fraction of sp³-hybridized carbons (Fsp3) is 0.500. The van der Waals surface area contributed by atoms with Crippen LogP contribution in [0.2, 0.25) is 0 Å². The molecule has 0 atom stereocenters. The Kier molecular flexibility index (Phi) is 4.74. The van der Waals surface area contributed by atoms with Gasteiger partial charge >= 0.3 is 0 Å². The van der Waals surface area contributed by atoms with E-state index in [4.69, 9.17) is 5.73 Å². The number of hydrogen-bond donors (Lipinski definition) is 2. The van der Waals surface area contributed by atoms with E-state index in [1.165, 1.54) is 0 Å². The molecule has 2 rings (SSSR count). The van der Waals surface area contributed by atoms with E-state index in [2.05, 4.69) is 10.3 Å². The zero-order chi connectivity index (χ0) is 15.4. The van der Waals surface area contributed by atoms with Gasteiger partial charge in [-0.1, -0.05) is 0 Å². The van der Waals surface area contributed by atoms with Gasteiger partial charge in [-0.25, -0.2) is 4.98 Å². The molecular weight excluding hydrogens is 270 g/mol. The largest absolute Gasteiger partial charge is 0.365 e. The number of rotatable bonds is 4. The number of hydrogen-bond acceptors (Lipinski definition) is 5. The lowest BCUT2D eigenvalue weighted by Crippen LogP contribution is -2.49. The number of aromatic nitrogens is 1. The van der Waals surface area contributed by atoms with Crippen LogP contribution in [0.25, 0.3) is 0 Å². The lowest BCUT2D eigenvalue weighted by Gasteiger charge is -2.29. The van der Waals surface area contributed by atoms with E-state index in [1.807, 2.05) is 11.8 Å². The van der Waals surface area contributed by atoms with Crippen LogP contribution < -0.4 is 16.0 Å². The first-order valence-corrected chi connectivity index (χ1v) is 6.96. The van der Waals surface area contributed by atoms with Crippen LogP contribution in [0.15, 0.2) is 12.1 Å². The van der Waals surface area contributed by atoms with Crippen molar-refractivity contribution in [3.63, 3.8) is 0 Å². The number of anilines is 1. The Labute approximate surface area is 124 Å². The number of pyridine rings is 1. The zero-order valence-corrected chi connectivity index (χ0v) is 12.4. The van der Waals surface area contributed by atoms with Gasteiger partial charge in [0.2, 0.25) is 5.91 Å². The fourth-order valence-corrected chi connectivity index (χ4v) is 2.32. The van der Waals surface area contributed by atoms with Crippen LogP contribution in [0.5, 0.6) is 0 Å². The van der Waals surface area contributed by atoms with Crippen molar-refractivity contribution < 1.29 is 9.59 Å². The molecule has 21 heavy (non-hydrogen) atoms. The summed E-state index contributed by atoms with van der Waals surface area (Å²) in [6.45, 7) is 5.04. The molecule has 114 valence electrons. The molecule has 0 saturated carbocycles. The van der Waals surface area contributed by atoms with Crippen molar-refractivity contribution in [3.8, 4) is 0 Å². The highest BCUT2D eigenvalue weighted by molar-refractivity contribution is 5.98. The normalized spacial score (nSPS) is 14.9. The Morgan fingerprint density at radius 1 is 1.38 bits per heavy atom. The van der Waals surface area contributed by atoms with Gasteiger partial charge < -0.3 is 20.9 Å². The monoisotopic (exact) mass is 291 g/mol. The number of amides is 2. The second-order valence-electron chi connectivity index (χ2n) is 5.17. The van der Waals surface area contributed by atoms with Gasteiger partial charge in [0.15, 0.2) is 0 Å². The average molecular weight is 291 g/mol. The maximum Gasteiger partial charge on any atom is 0.252 e. The number of carbonyl (C=O) groups excluding carboxylic acids is 2. The first-order chi connectivity index (χ1) is 9.99. The molecule has 0 aliphatic carbocycles. The van der Waals surface area contributed by atoms with Crippen molar-refractivity contribution in [1.82, 2.24) is 15.2 Å². The van der Waals surface area contributed by atoms with E-state index in [0.29, 0.717) is 24.5 Å². The number of likely N-dealkylation sites (N-methyl/N-ethyl adjacent to an activating group) is 1. The second kappa shape index (κ2) is 6.53. The summed E-state index contributed by atoms with van der Waals surface area (Å²) in [6, 6.07) is 3.38. The zero-order valence-electron chi connectivity index (χ0n) is 12.4. The van der Waals surface area contributed by atoms with Crippen LogP contribution in [0.1, 0.15) is 16.1 Å². The van der Waals surface area contributed by atoms with Gasteiger partial charge in [-0.3, -0.25) is 9.59 Å². The number of nitrogens with two attached hydrogens (primary N) is 1. The minimum Gasteiger partial charge on any atom is -0.365 e. The highest BCUT2D eigenvalue weighted by Crippen LogP contribution is 2.17. The third-order valence-corrected chi connectivity index (χ3v) is 3.48. The molecule has 2 amide bonds. The molecule has 1 aliphatic rings. The molecule has 1 fully saturated rings. The highest BCUT2D eigenvalue weighted by Gasteiger charge is 2.20. The van der Waals surface area contributed by atoms with E-state index >= 15 is 0 Å². The molecule has 0 aromatic carbocycles. The summed E-state index contributed by atoms with van der Waals surface area (Å²) in [6.07, 6.45) is 0. The Morgan fingerprint density at radius 2 is 2.05 bits per heavy atom. The topological polar surface area (TPSA) is 91.6 Å². The van der Waals surface area contributed by atoms with Crippen LogP contribution >= 0.6 is 0 Å². The van der Waals surface area contributed by atoms with Crippen molar-refractivity contribution in [2.45, 2.75) is 6.92 Å². The number of piperazine rings is 1. The number of primary amides is 1. The lowest BCUT2D eigenvalue weighted by atomic mass is 10.2. The predicted octanol–water partition coefficient (Wildman–Crippen LogP) is -0.643. The Bertz CT molecular complexity index is 540. The average Bonchev–Trinajstić information content (AvgIpc) is 2.47. The standard InChI is InChI=1S/C14H21N5O2/c1-10-3-4-11(13(15)21)14(17-10)18(2)9-12(20)19-7-5-16-6-8-19/h3-4,16H,5-9H2,1-2H3,(H2,15,21). The van der Waals surface area contributed by atoms with E-state index < -0.39 is 5.91 Å². The lowest BCUT2D eigenvalue weighted by molar-refractivity contribution is -0.130. The molecule has 0 radical (unpaired) electrons. The van der Waals surface area contributed by atoms with Gasteiger partial charge in [0.25, 0.3) is 5.91 Å². The van der Waals surface area contributed by atoms with Gasteiger partial charge in [-0.05, 0) is 19.1 Å². The minimum absolute atomic E-state index is 0.0257. The first-order valence-electron chi connectivity index (χ1n) is 6.96. The van der Waals surface area contributed by atoms with E-state index in [1.54, 1.807) is 24.1 Å². The maximum absolute atomic E-state index is 12.3. The predicted molar refractivity (Wildman–Crippen MR) is 80.2 cm³/mol. The summed E-state index contributed by atoms with van der Waals surface area (Å²) in [5.41, 5.74) is 6.47. The molecule has 3 N–H and O–H groups in total. The van der Waals surface area contributed by atoms with Gasteiger partial charge in [-0.15, -0.1) is 0 Å². The molecule has 0 spiro atoms. The molecule has 0 unspecified atom stereocenters. The number of nitrogens with one attached hydrogen (secondary N) is 1. The van der Waals surface area contributed by atoms with Gasteiger partial charge in [0, 0.05) is 38.9 Å². The fourth-order valence-electron chi connectivity index (χ4n) is 2.32. The molecular formula is C14H21N5O2. The molecule has 1 aromatic rings. The molecule has 0 bridgehead atoms. The Hall–Kier alpha value is -2.15. The van der Waals surface area contributed by atoms with E-state index in [9.17, 15) is 9.59 Å². The van der Waals surface area contributed by atoms with Crippen molar-refractivity contribution in [1.29, 1.82) is 0 Å². The van der Waals surface area contributed by atoms with Crippen LogP contribution in [0, 0.1) is 6.92 Å². The Morgan fingerprint density at radius 3 is 2.67 bits per heavy atom. The summed E-state index contributed by atoms with van der Waals surface area (Å²) in [5.74, 6) is -0.0670. The number of nitrogens with zero attached hydrogens (tertiary/aromatic N) is 3. The third-order valence-electron chi connectivity index (χ3n) is 3.48. The highest BCUT2D eigenvalue weighted by atomic mass is 16.2.